The fraction of sp³-hybridized carbons (Fsp3) is 0.632. The molecule has 0 radical (unpaired) electrons. The van der Waals surface area contributed by atoms with Crippen LogP contribution >= 0.6 is 0 Å². The van der Waals surface area contributed by atoms with Gasteiger partial charge in [0, 0.05) is 11.4 Å². The monoisotopic (exact) mass is 269 g/mol. The van der Waals surface area contributed by atoms with Crippen LogP contribution < -0.4 is 0 Å². The Bertz CT molecular complexity index is 477. The van der Waals surface area contributed by atoms with Crippen molar-refractivity contribution in [3.05, 3.63) is 41.7 Å². The number of aromatic nitrogens is 1. The maximum atomic E-state index is 4.92. The molecule has 2 fully saturated rings. The SMILES string of the molecule is C=CCCCc1cc(C)cc(C[C@@H]2CC3CCC2C3)n1. The van der Waals surface area contributed by atoms with Crippen molar-refractivity contribution in [2.24, 2.45) is 17.8 Å². The van der Waals surface area contributed by atoms with Gasteiger partial charge in [-0.05, 0) is 87.3 Å². The number of hydrogen-bond acceptors (Lipinski definition) is 1. The zero-order chi connectivity index (χ0) is 13.9. The average Bonchev–Trinajstić information content (AvgIpc) is 3.00. The van der Waals surface area contributed by atoms with Gasteiger partial charge in [0.25, 0.3) is 0 Å². The summed E-state index contributed by atoms with van der Waals surface area (Å²) < 4.78 is 0. The maximum absolute atomic E-state index is 4.92. The van der Waals surface area contributed by atoms with E-state index < -0.39 is 0 Å². The van der Waals surface area contributed by atoms with Crippen LogP contribution in [0.3, 0.4) is 0 Å². The van der Waals surface area contributed by atoms with Crippen molar-refractivity contribution >= 4 is 0 Å². The summed E-state index contributed by atoms with van der Waals surface area (Å²) in [4.78, 5) is 4.92. The lowest BCUT2D eigenvalue weighted by atomic mass is 9.85. The number of aryl methyl sites for hydroxylation is 2. The highest BCUT2D eigenvalue weighted by Gasteiger charge is 2.39. The van der Waals surface area contributed by atoms with Crippen molar-refractivity contribution in [1.29, 1.82) is 0 Å². The quantitative estimate of drug-likeness (QED) is 0.530. The fourth-order valence-electron chi connectivity index (χ4n) is 4.37. The van der Waals surface area contributed by atoms with E-state index in [-0.39, 0.29) is 0 Å². The Kier molecular flexibility index (Phi) is 4.24. The number of pyridine rings is 1. The highest BCUT2D eigenvalue weighted by molar-refractivity contribution is 5.21. The molecule has 1 heteroatoms. The number of rotatable bonds is 6. The Morgan fingerprint density at radius 2 is 2.10 bits per heavy atom. The van der Waals surface area contributed by atoms with E-state index >= 15 is 0 Å². The largest absolute Gasteiger partial charge is 0.258 e. The van der Waals surface area contributed by atoms with Crippen LogP contribution in [-0.4, -0.2) is 4.98 Å². The molecule has 2 aliphatic carbocycles. The van der Waals surface area contributed by atoms with Crippen LogP contribution in [0.15, 0.2) is 24.8 Å². The molecular formula is C19H27N. The van der Waals surface area contributed by atoms with Gasteiger partial charge in [-0.3, -0.25) is 4.98 Å². The van der Waals surface area contributed by atoms with Crippen molar-refractivity contribution in [3.8, 4) is 0 Å². The van der Waals surface area contributed by atoms with Crippen LogP contribution in [0.2, 0.25) is 0 Å². The predicted octanol–water partition coefficient (Wildman–Crippen LogP) is 4.88. The molecule has 0 N–H and O–H groups in total. The normalized spacial score (nSPS) is 27.9. The van der Waals surface area contributed by atoms with Gasteiger partial charge < -0.3 is 0 Å². The molecule has 0 saturated heterocycles. The highest BCUT2D eigenvalue weighted by Crippen LogP contribution is 2.49. The minimum absolute atomic E-state index is 0.920. The smallest absolute Gasteiger partial charge is 0.0412 e. The molecule has 0 aromatic carbocycles. The number of hydrogen-bond donors (Lipinski definition) is 0. The summed E-state index contributed by atoms with van der Waals surface area (Å²) in [5.41, 5.74) is 4.01. The first-order valence-electron chi connectivity index (χ1n) is 8.32. The Morgan fingerprint density at radius 1 is 1.25 bits per heavy atom. The first kappa shape index (κ1) is 13.9. The number of allylic oxidation sites excluding steroid dienone is 1. The second-order valence-corrected chi connectivity index (χ2v) is 6.95. The van der Waals surface area contributed by atoms with Gasteiger partial charge in [0.15, 0.2) is 0 Å². The van der Waals surface area contributed by atoms with E-state index in [0.717, 1.165) is 30.6 Å². The highest BCUT2D eigenvalue weighted by atomic mass is 14.7. The minimum Gasteiger partial charge on any atom is -0.258 e. The summed E-state index contributed by atoms with van der Waals surface area (Å²) in [6.07, 6.45) is 12.5. The van der Waals surface area contributed by atoms with Gasteiger partial charge in [0.1, 0.15) is 0 Å². The maximum Gasteiger partial charge on any atom is 0.0412 e. The molecule has 108 valence electrons. The van der Waals surface area contributed by atoms with Crippen molar-refractivity contribution in [2.75, 3.05) is 0 Å². The molecule has 3 atom stereocenters. The van der Waals surface area contributed by atoms with Crippen LogP contribution in [-0.2, 0) is 12.8 Å². The standard InChI is InChI=1S/C19H27N/c1-3-4-5-6-18-9-14(2)10-19(20-18)13-17-12-15-7-8-16(17)11-15/h3,9-10,15-17H,1,4-8,11-13H2,2H3/t15?,16?,17-/m0/s1. The third-order valence-electron chi connectivity index (χ3n) is 5.27. The molecule has 2 aliphatic rings. The van der Waals surface area contributed by atoms with Crippen LogP contribution in [0.1, 0.15) is 55.5 Å². The minimum atomic E-state index is 0.920. The van der Waals surface area contributed by atoms with Gasteiger partial charge in [0.2, 0.25) is 0 Å². The Balaban J connectivity index is 1.65. The number of fused-ring (bicyclic) bond motifs is 2. The fourth-order valence-corrected chi connectivity index (χ4v) is 4.37. The van der Waals surface area contributed by atoms with Crippen LogP contribution in [0.4, 0.5) is 0 Å². The van der Waals surface area contributed by atoms with Gasteiger partial charge in [-0.2, -0.15) is 0 Å². The second kappa shape index (κ2) is 6.11. The molecule has 20 heavy (non-hydrogen) atoms. The van der Waals surface area contributed by atoms with Gasteiger partial charge in [-0.15, -0.1) is 6.58 Å². The molecule has 1 aromatic rings. The van der Waals surface area contributed by atoms with Crippen molar-refractivity contribution < 1.29 is 0 Å². The summed E-state index contributed by atoms with van der Waals surface area (Å²) in [6, 6.07) is 4.57. The van der Waals surface area contributed by atoms with Crippen LogP contribution in [0.5, 0.6) is 0 Å². The molecule has 2 saturated carbocycles. The third-order valence-corrected chi connectivity index (χ3v) is 5.27. The Labute approximate surface area is 123 Å². The molecule has 0 amide bonds. The van der Waals surface area contributed by atoms with E-state index in [1.165, 1.54) is 55.5 Å². The van der Waals surface area contributed by atoms with Crippen molar-refractivity contribution in [3.63, 3.8) is 0 Å². The molecule has 0 aliphatic heterocycles. The summed E-state index contributed by atoms with van der Waals surface area (Å²) in [6.45, 7) is 6.01. The third kappa shape index (κ3) is 3.13. The topological polar surface area (TPSA) is 12.9 Å². The lowest BCUT2D eigenvalue weighted by Gasteiger charge is -2.21. The van der Waals surface area contributed by atoms with Crippen molar-refractivity contribution in [1.82, 2.24) is 4.98 Å². The Morgan fingerprint density at radius 3 is 2.80 bits per heavy atom. The first-order chi connectivity index (χ1) is 9.74. The predicted molar refractivity (Wildman–Crippen MR) is 84.8 cm³/mol. The summed E-state index contributed by atoms with van der Waals surface area (Å²) in [5, 5.41) is 0. The lowest BCUT2D eigenvalue weighted by molar-refractivity contribution is 0.329. The van der Waals surface area contributed by atoms with Crippen LogP contribution in [0.25, 0.3) is 0 Å². The molecule has 1 nitrogen and oxygen atoms in total. The molecule has 3 rings (SSSR count). The first-order valence-corrected chi connectivity index (χ1v) is 8.32. The van der Waals surface area contributed by atoms with Crippen LogP contribution in [0, 0.1) is 24.7 Å². The molecule has 1 heterocycles. The summed E-state index contributed by atoms with van der Waals surface area (Å²) in [5.74, 6) is 2.97. The molecule has 1 aromatic heterocycles. The number of nitrogens with zero attached hydrogens (tertiary/aromatic N) is 1. The molecule has 0 spiro atoms. The van der Waals surface area contributed by atoms with E-state index in [9.17, 15) is 0 Å². The molecule has 2 bridgehead atoms. The molecule has 2 unspecified atom stereocenters. The average molecular weight is 269 g/mol. The lowest BCUT2D eigenvalue weighted by Crippen LogP contribution is -2.14. The van der Waals surface area contributed by atoms with Gasteiger partial charge in [0.05, 0.1) is 0 Å². The van der Waals surface area contributed by atoms with E-state index in [2.05, 4.69) is 25.6 Å². The zero-order valence-electron chi connectivity index (χ0n) is 12.8. The van der Waals surface area contributed by atoms with E-state index in [4.69, 9.17) is 4.98 Å². The van der Waals surface area contributed by atoms with Crippen molar-refractivity contribution in [2.45, 2.75) is 58.3 Å². The van der Waals surface area contributed by atoms with E-state index in [1.807, 2.05) is 6.08 Å². The second-order valence-electron chi connectivity index (χ2n) is 6.95. The van der Waals surface area contributed by atoms with E-state index in [0.29, 0.717) is 0 Å². The van der Waals surface area contributed by atoms with Gasteiger partial charge in [-0.1, -0.05) is 12.5 Å². The molecular weight excluding hydrogens is 242 g/mol. The van der Waals surface area contributed by atoms with E-state index in [1.54, 1.807) is 0 Å². The summed E-state index contributed by atoms with van der Waals surface area (Å²) in [7, 11) is 0. The zero-order valence-corrected chi connectivity index (χ0v) is 12.8. The number of unbranched alkanes of at least 4 members (excludes halogenated alkanes) is 1. The summed E-state index contributed by atoms with van der Waals surface area (Å²) >= 11 is 0. The Hall–Kier alpha value is -1.11. The van der Waals surface area contributed by atoms with Gasteiger partial charge in [-0.25, -0.2) is 0 Å². The van der Waals surface area contributed by atoms with Gasteiger partial charge >= 0.3 is 0 Å².